The predicted octanol–water partition coefficient (Wildman–Crippen LogP) is -5.59. The molecule has 0 unspecified atom stereocenters. The third-order valence-electron chi connectivity index (χ3n) is 4.21. The molecule has 29 heavy (non-hydrogen) atoms. The first kappa shape index (κ1) is 31.2. The normalized spacial score (nSPS) is 43.2. The molecule has 9 N–H and O–H groups in total. The molecule has 0 aromatic heterocycles. The largest absolute Gasteiger partial charge is 2.00 e. The zero-order valence-corrected chi connectivity index (χ0v) is 20.4. The second-order valence-electron chi connectivity index (χ2n) is 6.13. The molecule has 2 rings (SSSR count). The van der Waals surface area contributed by atoms with Crippen molar-refractivity contribution in [2.45, 2.75) is 61.4 Å². The number of ether oxygens (including phenoxy) is 3. The van der Waals surface area contributed by atoms with Crippen molar-refractivity contribution < 1.29 is 74.5 Å². The standard InChI is InChI=1S/C12H23O14P.2Ca.4H/c13-1-3-10(7(16)8(17)11(19)24-3)26-12-9(18)6(15)5(14)4(25-12)2-23-27(20,21)22;;;;;;/h3-19H,1-2H2,(H2,20,21,22);;;;;;/q;2*+2;4*-1/t3-,4-,5+,6+,7-,8-,9-,10-,11+,12+;;;;;;/m1....../s1. The summed E-state index contributed by atoms with van der Waals surface area (Å²) in [7, 11) is -4.92. The van der Waals surface area contributed by atoms with Crippen LogP contribution in [0.5, 0.6) is 0 Å². The Bertz CT molecular complexity index is 554. The molecule has 0 amide bonds. The summed E-state index contributed by atoms with van der Waals surface area (Å²) in [4.78, 5) is 17.4. The maximum Gasteiger partial charge on any atom is 2.00 e. The summed E-state index contributed by atoms with van der Waals surface area (Å²) in [5.74, 6) is 0. The van der Waals surface area contributed by atoms with Crippen molar-refractivity contribution in [1.82, 2.24) is 0 Å². The molecule has 14 nitrogen and oxygen atoms in total. The van der Waals surface area contributed by atoms with Gasteiger partial charge in [-0.05, 0) is 0 Å². The van der Waals surface area contributed by atoms with Gasteiger partial charge in [-0.25, -0.2) is 4.57 Å². The first-order valence-electron chi connectivity index (χ1n) is 7.82. The van der Waals surface area contributed by atoms with Crippen LogP contribution in [0.1, 0.15) is 5.71 Å². The molecule has 2 aliphatic rings. The average molecular weight is 506 g/mol. The maximum atomic E-state index is 10.8. The fourth-order valence-corrected chi connectivity index (χ4v) is 3.07. The zero-order valence-electron chi connectivity index (χ0n) is 19.1. The summed E-state index contributed by atoms with van der Waals surface area (Å²) in [5, 5.41) is 68.1. The number of aliphatic hydroxyl groups is 7. The molecular weight excluding hydrogens is 479 g/mol. The summed E-state index contributed by atoms with van der Waals surface area (Å²) in [6.45, 7) is -1.63. The van der Waals surface area contributed by atoms with Crippen LogP contribution in [0.4, 0.5) is 0 Å². The summed E-state index contributed by atoms with van der Waals surface area (Å²) in [6, 6.07) is 0. The van der Waals surface area contributed by atoms with Crippen molar-refractivity contribution in [2.75, 3.05) is 13.2 Å². The van der Waals surface area contributed by atoms with Gasteiger partial charge in [0, 0.05) is 0 Å². The number of phosphoric acid groups is 1. The molecule has 0 saturated carbocycles. The minimum absolute atomic E-state index is 0. The van der Waals surface area contributed by atoms with Crippen LogP contribution in [-0.2, 0) is 23.3 Å². The molecule has 0 aliphatic carbocycles. The second kappa shape index (κ2) is 13.2. The Morgan fingerprint density at radius 3 is 1.93 bits per heavy atom. The smallest absolute Gasteiger partial charge is 1.00 e. The second-order valence-corrected chi connectivity index (χ2v) is 7.37. The third-order valence-corrected chi connectivity index (χ3v) is 4.69. The van der Waals surface area contributed by atoms with Crippen LogP contribution in [0.3, 0.4) is 0 Å². The molecule has 2 aliphatic heterocycles. The minimum atomic E-state index is -4.92. The van der Waals surface area contributed by atoms with Crippen LogP contribution in [0.2, 0.25) is 0 Å². The fraction of sp³-hybridized carbons (Fsp3) is 1.00. The van der Waals surface area contributed by atoms with Gasteiger partial charge in [0.15, 0.2) is 12.6 Å². The molecular formula is C12H27Ca2O14P. The van der Waals surface area contributed by atoms with Crippen LogP contribution in [-0.4, -0.2) is 196 Å². The van der Waals surface area contributed by atoms with Gasteiger partial charge in [-0.2, -0.15) is 0 Å². The van der Waals surface area contributed by atoms with E-state index in [1.807, 2.05) is 0 Å². The molecule has 168 valence electrons. The summed E-state index contributed by atoms with van der Waals surface area (Å²) in [6.07, 6.45) is -17.1. The number of rotatable bonds is 6. The summed E-state index contributed by atoms with van der Waals surface area (Å²) < 4.78 is 30.3. The van der Waals surface area contributed by atoms with E-state index in [9.17, 15) is 40.3 Å². The Balaban J connectivity index is -0.000000436. The van der Waals surface area contributed by atoms with E-state index < -0.39 is 82.4 Å². The van der Waals surface area contributed by atoms with E-state index in [0.29, 0.717) is 0 Å². The van der Waals surface area contributed by atoms with E-state index in [-0.39, 0.29) is 81.2 Å². The fourth-order valence-electron chi connectivity index (χ4n) is 2.73. The molecule has 2 fully saturated rings. The van der Waals surface area contributed by atoms with E-state index in [0.717, 1.165) is 0 Å². The van der Waals surface area contributed by atoms with Crippen molar-refractivity contribution in [3.63, 3.8) is 0 Å². The topological polar surface area (TPSA) is 236 Å². The van der Waals surface area contributed by atoms with Gasteiger partial charge in [0.2, 0.25) is 0 Å². The maximum absolute atomic E-state index is 10.8. The Labute approximate surface area is 230 Å². The van der Waals surface area contributed by atoms with Crippen molar-refractivity contribution in [2.24, 2.45) is 0 Å². The van der Waals surface area contributed by atoms with E-state index in [1.165, 1.54) is 0 Å². The van der Waals surface area contributed by atoms with Crippen LogP contribution in [0.25, 0.3) is 0 Å². The van der Waals surface area contributed by atoms with Crippen LogP contribution >= 0.6 is 7.82 Å². The molecule has 2 saturated heterocycles. The number of hydrogen-bond donors (Lipinski definition) is 9. The summed E-state index contributed by atoms with van der Waals surface area (Å²) >= 11 is 0. The zero-order chi connectivity index (χ0) is 20.5. The Hall–Kier alpha value is 2.23. The molecule has 0 spiro atoms. The van der Waals surface area contributed by atoms with E-state index >= 15 is 0 Å². The molecule has 0 aromatic carbocycles. The van der Waals surface area contributed by atoms with Crippen molar-refractivity contribution in [3.05, 3.63) is 0 Å². The van der Waals surface area contributed by atoms with Crippen LogP contribution in [0.15, 0.2) is 0 Å². The first-order chi connectivity index (χ1) is 12.5. The van der Waals surface area contributed by atoms with Gasteiger partial charge >= 0.3 is 83.3 Å². The number of aliphatic hydroxyl groups excluding tert-OH is 7. The summed E-state index contributed by atoms with van der Waals surface area (Å²) in [5.41, 5.74) is 0. The average Bonchev–Trinajstić information content (AvgIpc) is 2.60. The van der Waals surface area contributed by atoms with Gasteiger partial charge in [0.05, 0.1) is 13.2 Å². The van der Waals surface area contributed by atoms with Gasteiger partial charge in [0.25, 0.3) is 0 Å². The molecule has 0 bridgehead atoms. The van der Waals surface area contributed by atoms with Crippen LogP contribution in [0, 0.1) is 0 Å². The van der Waals surface area contributed by atoms with E-state index in [2.05, 4.69) is 4.52 Å². The predicted molar refractivity (Wildman–Crippen MR) is 95.5 cm³/mol. The van der Waals surface area contributed by atoms with Gasteiger partial charge < -0.3 is 65.4 Å². The third kappa shape index (κ3) is 8.19. The van der Waals surface area contributed by atoms with Crippen molar-refractivity contribution in [1.29, 1.82) is 0 Å². The minimum Gasteiger partial charge on any atom is -1.00 e. The van der Waals surface area contributed by atoms with Crippen molar-refractivity contribution >= 4 is 83.3 Å². The van der Waals surface area contributed by atoms with Gasteiger partial charge in [0.1, 0.15) is 48.8 Å². The molecule has 10 atom stereocenters. The van der Waals surface area contributed by atoms with Crippen LogP contribution < -0.4 is 0 Å². The van der Waals surface area contributed by atoms with Gasteiger partial charge in [-0.15, -0.1) is 0 Å². The van der Waals surface area contributed by atoms with Gasteiger partial charge in [-0.1, -0.05) is 0 Å². The Morgan fingerprint density at radius 1 is 0.828 bits per heavy atom. The SMILES string of the molecule is O=P(O)(O)OC[C@H]1O[C@@H](O[C@H]2[C@H](O)[C@@H](O)[C@@H](O)O[C@@H]2CO)[C@H](O)[C@@H](O)[C@H]1O.[Ca+2].[Ca+2].[H-].[H-].[H-].[H-]. The molecule has 17 heteroatoms. The molecule has 2 heterocycles. The first-order valence-corrected chi connectivity index (χ1v) is 9.35. The Kier molecular flexibility index (Phi) is 14.2. The Morgan fingerprint density at radius 2 is 1.41 bits per heavy atom. The monoisotopic (exact) mass is 506 g/mol. The van der Waals surface area contributed by atoms with Gasteiger partial charge in [-0.3, -0.25) is 4.52 Å². The molecule has 0 radical (unpaired) electrons. The van der Waals surface area contributed by atoms with E-state index in [1.54, 1.807) is 0 Å². The number of phosphoric ester groups is 1. The number of hydrogen-bond acceptors (Lipinski definition) is 12. The quantitative estimate of drug-likeness (QED) is 0.121. The van der Waals surface area contributed by atoms with E-state index in [4.69, 9.17) is 24.0 Å². The van der Waals surface area contributed by atoms with Crippen molar-refractivity contribution in [3.8, 4) is 0 Å². The molecule has 0 aromatic rings.